The number of anilines is 1. The maximum atomic E-state index is 12.7. The van der Waals surface area contributed by atoms with Gasteiger partial charge in [0.2, 0.25) is 9.84 Å². The molecule has 2 N–H and O–H groups in total. The first-order valence-corrected chi connectivity index (χ1v) is 7.50. The van der Waals surface area contributed by atoms with Crippen LogP contribution in [0.2, 0.25) is 0 Å². The second kappa shape index (κ2) is 4.70. The Bertz CT molecular complexity index is 711. The SMILES string of the molecule is Cc1cc(C)c(S(=O)(=O)c2ccccc2N)c(C)c1. The van der Waals surface area contributed by atoms with Crippen molar-refractivity contribution in [3.8, 4) is 0 Å². The standard InChI is InChI=1S/C15H17NO2S/c1-10-8-11(2)15(12(3)9-10)19(17,18)14-7-5-4-6-13(14)16/h4-9H,16H2,1-3H3. The van der Waals surface area contributed by atoms with Crippen LogP contribution in [0, 0.1) is 20.8 Å². The van der Waals surface area contributed by atoms with Gasteiger partial charge >= 0.3 is 0 Å². The van der Waals surface area contributed by atoms with Crippen LogP contribution >= 0.6 is 0 Å². The van der Waals surface area contributed by atoms with Crippen molar-refractivity contribution in [3.05, 3.63) is 53.1 Å². The molecule has 0 radical (unpaired) electrons. The van der Waals surface area contributed by atoms with Crippen LogP contribution < -0.4 is 5.73 Å². The lowest BCUT2D eigenvalue weighted by molar-refractivity contribution is 0.595. The molecule has 0 unspecified atom stereocenters. The zero-order chi connectivity index (χ0) is 14.2. The lowest BCUT2D eigenvalue weighted by atomic mass is 10.1. The third-order valence-corrected chi connectivity index (χ3v) is 5.21. The van der Waals surface area contributed by atoms with Crippen molar-refractivity contribution in [3.63, 3.8) is 0 Å². The Morgan fingerprint density at radius 1 is 0.947 bits per heavy atom. The molecular formula is C15H17NO2S. The van der Waals surface area contributed by atoms with Crippen molar-refractivity contribution in [2.45, 2.75) is 30.6 Å². The molecule has 0 heterocycles. The van der Waals surface area contributed by atoms with E-state index in [9.17, 15) is 8.42 Å². The average molecular weight is 275 g/mol. The number of aryl methyl sites for hydroxylation is 3. The first-order valence-electron chi connectivity index (χ1n) is 6.01. The van der Waals surface area contributed by atoms with E-state index in [0.29, 0.717) is 4.90 Å². The molecule has 0 aliphatic carbocycles. The molecular weight excluding hydrogens is 258 g/mol. The summed E-state index contributed by atoms with van der Waals surface area (Å²) in [5.74, 6) is 0. The quantitative estimate of drug-likeness (QED) is 0.857. The summed E-state index contributed by atoms with van der Waals surface area (Å²) in [6.07, 6.45) is 0. The van der Waals surface area contributed by atoms with Gasteiger partial charge in [-0.3, -0.25) is 0 Å². The topological polar surface area (TPSA) is 60.2 Å². The molecule has 3 nitrogen and oxygen atoms in total. The monoisotopic (exact) mass is 275 g/mol. The van der Waals surface area contributed by atoms with Gasteiger partial charge in [0.05, 0.1) is 15.5 Å². The predicted octanol–water partition coefficient (Wildman–Crippen LogP) is 3.03. The van der Waals surface area contributed by atoms with E-state index < -0.39 is 9.84 Å². The number of benzene rings is 2. The minimum absolute atomic E-state index is 0.171. The average Bonchev–Trinajstić information content (AvgIpc) is 2.27. The van der Waals surface area contributed by atoms with Gasteiger partial charge in [0.1, 0.15) is 0 Å². The van der Waals surface area contributed by atoms with Gasteiger partial charge in [-0.2, -0.15) is 0 Å². The second-order valence-corrected chi connectivity index (χ2v) is 6.62. The van der Waals surface area contributed by atoms with E-state index in [1.165, 1.54) is 0 Å². The third kappa shape index (κ3) is 2.36. The maximum absolute atomic E-state index is 12.7. The largest absolute Gasteiger partial charge is 0.398 e. The fourth-order valence-corrected chi connectivity index (χ4v) is 4.25. The molecule has 0 atom stereocenters. The van der Waals surface area contributed by atoms with E-state index in [0.717, 1.165) is 16.7 Å². The first-order chi connectivity index (χ1) is 8.84. The Labute approximate surface area is 114 Å². The molecule has 0 saturated carbocycles. The van der Waals surface area contributed by atoms with Gasteiger partial charge < -0.3 is 5.73 Å². The summed E-state index contributed by atoms with van der Waals surface area (Å²) in [5, 5.41) is 0. The Kier molecular flexibility index (Phi) is 3.37. The summed E-state index contributed by atoms with van der Waals surface area (Å²) in [4.78, 5) is 0.529. The molecule has 0 bridgehead atoms. The van der Waals surface area contributed by atoms with Gasteiger partial charge in [-0.05, 0) is 44.0 Å². The van der Waals surface area contributed by atoms with E-state index in [1.807, 2.05) is 32.9 Å². The summed E-state index contributed by atoms with van der Waals surface area (Å²) in [6.45, 7) is 5.57. The predicted molar refractivity (Wildman–Crippen MR) is 77.0 cm³/mol. The highest BCUT2D eigenvalue weighted by Gasteiger charge is 2.24. The van der Waals surface area contributed by atoms with Crippen LogP contribution in [0.4, 0.5) is 5.69 Å². The van der Waals surface area contributed by atoms with Crippen molar-refractivity contribution in [1.29, 1.82) is 0 Å². The number of hydrogen-bond acceptors (Lipinski definition) is 3. The molecule has 0 aliphatic rings. The van der Waals surface area contributed by atoms with E-state index in [1.54, 1.807) is 24.3 Å². The van der Waals surface area contributed by atoms with Gasteiger partial charge in [-0.25, -0.2) is 8.42 Å². The summed E-state index contributed by atoms with van der Waals surface area (Å²) < 4.78 is 25.5. The summed E-state index contributed by atoms with van der Waals surface area (Å²) in [6, 6.07) is 10.3. The van der Waals surface area contributed by atoms with Crippen LogP contribution in [0.1, 0.15) is 16.7 Å². The highest BCUT2D eigenvalue weighted by Crippen LogP contribution is 2.30. The number of para-hydroxylation sites is 1. The number of nitrogen functional groups attached to an aromatic ring is 1. The Morgan fingerprint density at radius 3 is 2.00 bits per heavy atom. The van der Waals surface area contributed by atoms with Crippen LogP contribution in [0.15, 0.2) is 46.2 Å². The summed E-state index contributed by atoms with van der Waals surface area (Å²) in [5.41, 5.74) is 8.63. The smallest absolute Gasteiger partial charge is 0.209 e. The van der Waals surface area contributed by atoms with E-state index >= 15 is 0 Å². The van der Waals surface area contributed by atoms with E-state index in [4.69, 9.17) is 5.73 Å². The molecule has 0 aromatic heterocycles. The fourth-order valence-electron chi connectivity index (χ4n) is 2.43. The summed E-state index contributed by atoms with van der Waals surface area (Å²) in [7, 11) is -3.57. The van der Waals surface area contributed by atoms with Gasteiger partial charge in [-0.1, -0.05) is 29.8 Å². The molecule has 0 saturated heterocycles. The van der Waals surface area contributed by atoms with Crippen LogP contribution in [0.25, 0.3) is 0 Å². The van der Waals surface area contributed by atoms with E-state index in [2.05, 4.69) is 0 Å². The zero-order valence-electron chi connectivity index (χ0n) is 11.3. The maximum Gasteiger partial charge on any atom is 0.209 e. The van der Waals surface area contributed by atoms with Crippen molar-refractivity contribution in [1.82, 2.24) is 0 Å². The molecule has 2 aromatic carbocycles. The third-order valence-electron chi connectivity index (χ3n) is 3.08. The van der Waals surface area contributed by atoms with Crippen LogP contribution in [-0.4, -0.2) is 8.42 Å². The van der Waals surface area contributed by atoms with Crippen LogP contribution in [-0.2, 0) is 9.84 Å². The molecule has 2 rings (SSSR count). The molecule has 2 aromatic rings. The number of rotatable bonds is 2. The Balaban J connectivity index is 2.75. The van der Waals surface area contributed by atoms with E-state index in [-0.39, 0.29) is 10.6 Å². The minimum atomic E-state index is -3.57. The normalized spacial score (nSPS) is 11.5. The molecule has 19 heavy (non-hydrogen) atoms. The highest BCUT2D eigenvalue weighted by atomic mass is 32.2. The lowest BCUT2D eigenvalue weighted by Crippen LogP contribution is -2.09. The number of sulfone groups is 1. The van der Waals surface area contributed by atoms with Crippen molar-refractivity contribution in [2.24, 2.45) is 0 Å². The molecule has 0 aliphatic heterocycles. The van der Waals surface area contributed by atoms with Crippen LogP contribution in [0.3, 0.4) is 0 Å². The van der Waals surface area contributed by atoms with Gasteiger partial charge in [0.15, 0.2) is 0 Å². The van der Waals surface area contributed by atoms with Crippen molar-refractivity contribution in [2.75, 3.05) is 5.73 Å². The van der Waals surface area contributed by atoms with Gasteiger partial charge in [0, 0.05) is 0 Å². The zero-order valence-corrected chi connectivity index (χ0v) is 12.1. The minimum Gasteiger partial charge on any atom is -0.398 e. The number of hydrogen-bond donors (Lipinski definition) is 1. The molecule has 0 spiro atoms. The van der Waals surface area contributed by atoms with Crippen LogP contribution in [0.5, 0.6) is 0 Å². The molecule has 0 fully saturated rings. The van der Waals surface area contributed by atoms with Crippen molar-refractivity contribution < 1.29 is 8.42 Å². The fraction of sp³-hybridized carbons (Fsp3) is 0.200. The van der Waals surface area contributed by atoms with Crippen molar-refractivity contribution >= 4 is 15.5 Å². The number of nitrogens with two attached hydrogens (primary N) is 1. The molecule has 0 amide bonds. The molecule has 4 heteroatoms. The lowest BCUT2D eigenvalue weighted by Gasteiger charge is -2.13. The second-order valence-electron chi connectivity index (χ2n) is 4.77. The van der Waals surface area contributed by atoms with Gasteiger partial charge in [0.25, 0.3) is 0 Å². The Morgan fingerprint density at radius 2 is 1.47 bits per heavy atom. The Hall–Kier alpha value is -1.81. The molecule has 100 valence electrons. The van der Waals surface area contributed by atoms with Gasteiger partial charge in [-0.15, -0.1) is 0 Å². The summed E-state index contributed by atoms with van der Waals surface area (Å²) >= 11 is 0. The highest BCUT2D eigenvalue weighted by molar-refractivity contribution is 7.91. The first kappa shape index (κ1) is 13.6.